The maximum Gasteiger partial charge on any atom is 0.0795 e. The molecule has 4 heteroatoms. The zero-order valence-electron chi connectivity index (χ0n) is 11.9. The maximum absolute atomic E-state index is 6.29. The second-order valence-corrected chi connectivity index (χ2v) is 7.45. The van der Waals surface area contributed by atoms with Crippen LogP contribution in [0.25, 0.3) is 0 Å². The zero-order valence-corrected chi connectivity index (χ0v) is 13.5. The molecule has 1 aromatic carbocycles. The molecular weight excluding hydrogens is 290 g/mol. The minimum Gasteiger partial charge on any atom is -0.374 e. The Morgan fingerprint density at radius 3 is 3.05 bits per heavy atom. The lowest BCUT2D eigenvalue weighted by Gasteiger charge is -2.39. The molecule has 2 aliphatic heterocycles. The lowest BCUT2D eigenvalue weighted by Crippen LogP contribution is -2.47. The number of nitrogens with one attached hydrogen (secondary N) is 1. The standard InChI is InChI=1S/C16H22ClNOS/c1-12(14-4-2-3-5-15(14)17)18-13-6-8-19-16(10-13)7-9-20-11-16/h2-5,12-13,18H,6-11H2,1H3. The van der Waals surface area contributed by atoms with Crippen molar-refractivity contribution in [1.29, 1.82) is 0 Å². The molecule has 0 amide bonds. The number of halogens is 1. The van der Waals surface area contributed by atoms with Crippen LogP contribution < -0.4 is 5.32 Å². The van der Waals surface area contributed by atoms with Crippen LogP contribution in [-0.2, 0) is 4.74 Å². The van der Waals surface area contributed by atoms with E-state index in [9.17, 15) is 0 Å². The fourth-order valence-corrected chi connectivity index (χ4v) is 4.98. The normalized spacial score (nSPS) is 31.6. The number of hydrogen-bond donors (Lipinski definition) is 1. The summed E-state index contributed by atoms with van der Waals surface area (Å²) in [6.07, 6.45) is 3.44. The zero-order chi connectivity index (χ0) is 14.0. The molecule has 0 aromatic heterocycles. The highest BCUT2D eigenvalue weighted by molar-refractivity contribution is 7.99. The van der Waals surface area contributed by atoms with Gasteiger partial charge in [0.05, 0.1) is 5.60 Å². The Hall–Kier alpha value is -0.220. The molecule has 1 aromatic rings. The quantitative estimate of drug-likeness (QED) is 0.910. The Morgan fingerprint density at radius 1 is 1.45 bits per heavy atom. The van der Waals surface area contributed by atoms with Crippen molar-refractivity contribution in [2.24, 2.45) is 0 Å². The highest BCUT2D eigenvalue weighted by atomic mass is 35.5. The van der Waals surface area contributed by atoms with Crippen LogP contribution in [-0.4, -0.2) is 29.8 Å². The van der Waals surface area contributed by atoms with Crippen LogP contribution >= 0.6 is 23.4 Å². The van der Waals surface area contributed by atoms with Crippen LogP contribution in [0, 0.1) is 0 Å². The molecule has 3 atom stereocenters. The lowest BCUT2D eigenvalue weighted by molar-refractivity contribution is -0.0711. The summed E-state index contributed by atoms with van der Waals surface area (Å²) < 4.78 is 6.08. The van der Waals surface area contributed by atoms with Gasteiger partial charge in [-0.15, -0.1) is 0 Å². The molecule has 0 saturated carbocycles. The van der Waals surface area contributed by atoms with Crippen LogP contribution in [0.5, 0.6) is 0 Å². The molecule has 3 rings (SSSR count). The van der Waals surface area contributed by atoms with Gasteiger partial charge >= 0.3 is 0 Å². The number of hydrogen-bond acceptors (Lipinski definition) is 3. The number of ether oxygens (including phenoxy) is 1. The van der Waals surface area contributed by atoms with E-state index in [1.165, 1.54) is 17.7 Å². The molecule has 0 radical (unpaired) electrons. The fourth-order valence-electron chi connectivity index (χ4n) is 3.30. The van der Waals surface area contributed by atoms with E-state index in [-0.39, 0.29) is 11.6 Å². The van der Waals surface area contributed by atoms with Crippen LogP contribution in [0.2, 0.25) is 5.02 Å². The molecule has 2 nitrogen and oxygen atoms in total. The molecular formula is C16H22ClNOS. The molecule has 1 spiro atoms. The Morgan fingerprint density at radius 2 is 2.30 bits per heavy atom. The number of thioether (sulfide) groups is 1. The molecule has 20 heavy (non-hydrogen) atoms. The van der Waals surface area contributed by atoms with Gasteiger partial charge in [-0.25, -0.2) is 0 Å². The van der Waals surface area contributed by atoms with Crippen LogP contribution in [0.3, 0.4) is 0 Å². The third kappa shape index (κ3) is 3.16. The van der Waals surface area contributed by atoms with Crippen LogP contribution in [0.1, 0.15) is 37.8 Å². The van der Waals surface area contributed by atoms with E-state index in [1.54, 1.807) is 0 Å². The lowest BCUT2D eigenvalue weighted by atomic mass is 9.89. The van der Waals surface area contributed by atoms with Crippen LogP contribution in [0.15, 0.2) is 24.3 Å². The SMILES string of the molecule is CC(NC1CCOC2(CCSC2)C1)c1ccccc1Cl. The highest BCUT2D eigenvalue weighted by Gasteiger charge is 2.40. The Labute approximate surface area is 130 Å². The predicted molar refractivity (Wildman–Crippen MR) is 86.6 cm³/mol. The smallest absolute Gasteiger partial charge is 0.0795 e. The molecule has 2 aliphatic rings. The van der Waals surface area contributed by atoms with Crippen molar-refractivity contribution in [1.82, 2.24) is 5.32 Å². The minimum absolute atomic E-state index is 0.140. The molecule has 2 fully saturated rings. The number of rotatable bonds is 3. The summed E-state index contributed by atoms with van der Waals surface area (Å²) in [5, 5.41) is 4.61. The van der Waals surface area contributed by atoms with Crippen molar-refractivity contribution in [3.8, 4) is 0 Å². The van der Waals surface area contributed by atoms with Gasteiger partial charge in [0.15, 0.2) is 0 Å². The van der Waals surface area contributed by atoms with E-state index in [0.29, 0.717) is 6.04 Å². The van der Waals surface area contributed by atoms with E-state index in [0.717, 1.165) is 30.2 Å². The van der Waals surface area contributed by atoms with Crippen molar-refractivity contribution in [2.45, 2.75) is 43.9 Å². The fraction of sp³-hybridized carbons (Fsp3) is 0.625. The summed E-state index contributed by atoms with van der Waals surface area (Å²) in [4.78, 5) is 0. The molecule has 2 heterocycles. The summed E-state index contributed by atoms with van der Waals surface area (Å²) in [6, 6.07) is 8.94. The molecule has 2 saturated heterocycles. The molecule has 3 unspecified atom stereocenters. The van der Waals surface area contributed by atoms with Crippen molar-refractivity contribution < 1.29 is 4.74 Å². The van der Waals surface area contributed by atoms with Gasteiger partial charge < -0.3 is 10.1 Å². The topological polar surface area (TPSA) is 21.3 Å². The van der Waals surface area contributed by atoms with E-state index in [4.69, 9.17) is 16.3 Å². The first-order chi connectivity index (χ1) is 9.69. The van der Waals surface area contributed by atoms with Crippen molar-refractivity contribution in [2.75, 3.05) is 18.1 Å². The summed E-state index contributed by atoms with van der Waals surface area (Å²) in [5.41, 5.74) is 1.33. The maximum atomic E-state index is 6.29. The first-order valence-electron chi connectivity index (χ1n) is 7.41. The van der Waals surface area contributed by atoms with Crippen molar-refractivity contribution >= 4 is 23.4 Å². The average molecular weight is 312 g/mol. The highest BCUT2D eigenvalue weighted by Crippen LogP contribution is 2.38. The van der Waals surface area contributed by atoms with Gasteiger partial charge in [0.1, 0.15) is 0 Å². The van der Waals surface area contributed by atoms with Gasteiger partial charge in [0.25, 0.3) is 0 Å². The number of benzene rings is 1. The second kappa shape index (κ2) is 6.27. The monoisotopic (exact) mass is 311 g/mol. The second-order valence-electron chi connectivity index (χ2n) is 5.93. The van der Waals surface area contributed by atoms with Gasteiger partial charge in [-0.2, -0.15) is 11.8 Å². The molecule has 0 aliphatic carbocycles. The molecule has 1 N–H and O–H groups in total. The molecule has 0 bridgehead atoms. The van der Waals surface area contributed by atoms with Crippen LogP contribution in [0.4, 0.5) is 0 Å². The first kappa shape index (κ1) is 14.7. The predicted octanol–water partition coefficient (Wildman–Crippen LogP) is 4.05. The average Bonchev–Trinajstić information content (AvgIpc) is 2.87. The molecule has 110 valence electrons. The van der Waals surface area contributed by atoms with E-state index < -0.39 is 0 Å². The first-order valence-corrected chi connectivity index (χ1v) is 8.94. The van der Waals surface area contributed by atoms with E-state index in [2.05, 4.69) is 24.4 Å². The van der Waals surface area contributed by atoms with Gasteiger partial charge in [-0.3, -0.25) is 0 Å². The Kier molecular flexibility index (Phi) is 4.61. The van der Waals surface area contributed by atoms with Gasteiger partial charge in [0, 0.05) is 29.5 Å². The summed E-state index contributed by atoms with van der Waals surface area (Å²) in [6.45, 7) is 3.08. The van der Waals surface area contributed by atoms with E-state index in [1.807, 2.05) is 23.9 Å². The third-order valence-electron chi connectivity index (χ3n) is 4.42. The minimum atomic E-state index is 0.140. The van der Waals surface area contributed by atoms with E-state index >= 15 is 0 Å². The van der Waals surface area contributed by atoms with Crippen molar-refractivity contribution in [3.63, 3.8) is 0 Å². The van der Waals surface area contributed by atoms with Gasteiger partial charge in [-0.05, 0) is 43.6 Å². The summed E-state index contributed by atoms with van der Waals surface area (Å²) >= 11 is 8.31. The summed E-state index contributed by atoms with van der Waals surface area (Å²) in [7, 11) is 0. The Balaban J connectivity index is 1.64. The largest absolute Gasteiger partial charge is 0.374 e. The Bertz CT molecular complexity index is 462. The van der Waals surface area contributed by atoms with Gasteiger partial charge in [-0.1, -0.05) is 29.8 Å². The van der Waals surface area contributed by atoms with Crippen molar-refractivity contribution in [3.05, 3.63) is 34.9 Å². The summed E-state index contributed by atoms with van der Waals surface area (Å²) in [5.74, 6) is 2.40. The third-order valence-corrected chi connectivity index (χ3v) is 5.98. The van der Waals surface area contributed by atoms with Gasteiger partial charge in [0.2, 0.25) is 0 Å².